The lowest BCUT2D eigenvalue weighted by molar-refractivity contribution is 0.673. The normalized spacial score (nSPS) is 13.0. The van der Waals surface area contributed by atoms with Crippen LogP contribution in [0.4, 0.5) is 0 Å². The van der Waals surface area contributed by atoms with Crippen molar-refractivity contribution in [3.05, 3.63) is 188 Å². The van der Waals surface area contributed by atoms with Gasteiger partial charge in [-0.3, -0.25) is 0 Å². The molecule has 0 saturated carbocycles. The van der Waals surface area contributed by atoms with Crippen LogP contribution in [0.3, 0.4) is 0 Å². The minimum absolute atomic E-state index is 0.664. The number of benzene rings is 8. The van der Waals surface area contributed by atoms with E-state index in [0.29, 0.717) is 5.82 Å². The molecule has 3 nitrogen and oxygen atoms in total. The van der Waals surface area contributed by atoms with Crippen molar-refractivity contribution in [3.63, 3.8) is 0 Å². The number of aromatic nitrogens is 2. The summed E-state index contributed by atoms with van der Waals surface area (Å²) in [6.45, 7) is 0. The van der Waals surface area contributed by atoms with Crippen LogP contribution in [0.15, 0.2) is 186 Å². The third-order valence-corrected chi connectivity index (χ3v) is 11.1. The van der Waals surface area contributed by atoms with Crippen LogP contribution in [0.2, 0.25) is 0 Å². The van der Waals surface area contributed by atoms with Crippen molar-refractivity contribution >= 4 is 60.0 Å². The number of nitrogens with zero attached hydrogens (tertiary/aromatic N) is 2. The van der Waals surface area contributed by atoms with E-state index in [1.807, 2.05) is 6.07 Å². The second kappa shape index (κ2) is 12.8. The van der Waals surface area contributed by atoms with Crippen LogP contribution in [0.5, 0.6) is 0 Å². The highest BCUT2D eigenvalue weighted by Gasteiger charge is 2.20. The molecular formula is C52H34N2O. The van der Waals surface area contributed by atoms with E-state index in [9.17, 15) is 0 Å². The van der Waals surface area contributed by atoms with Crippen LogP contribution in [0, 0.1) is 0 Å². The summed E-state index contributed by atoms with van der Waals surface area (Å²) in [5, 5.41) is 7.94. The van der Waals surface area contributed by atoms with Gasteiger partial charge in [0, 0.05) is 32.7 Å². The van der Waals surface area contributed by atoms with Crippen LogP contribution in [-0.2, 0) is 0 Å². The second-order valence-corrected chi connectivity index (χ2v) is 14.4. The van der Waals surface area contributed by atoms with Crippen molar-refractivity contribution in [3.8, 4) is 44.9 Å². The van der Waals surface area contributed by atoms with Gasteiger partial charge in [-0.15, -0.1) is 0 Å². The second-order valence-electron chi connectivity index (χ2n) is 14.4. The summed E-state index contributed by atoms with van der Waals surface area (Å²) in [6, 6.07) is 58.4. The number of hydrogen-bond donors (Lipinski definition) is 0. The van der Waals surface area contributed by atoms with E-state index in [1.54, 1.807) is 0 Å². The Morgan fingerprint density at radius 1 is 0.455 bits per heavy atom. The predicted molar refractivity (Wildman–Crippen MR) is 230 cm³/mol. The highest BCUT2D eigenvalue weighted by molar-refractivity contribution is 6.19. The third-order valence-electron chi connectivity index (χ3n) is 11.1. The van der Waals surface area contributed by atoms with Gasteiger partial charge in [0.2, 0.25) is 0 Å². The Hall–Kier alpha value is -7.10. The number of fused-ring (bicyclic) bond motifs is 7. The smallest absolute Gasteiger partial charge is 0.160 e. The fourth-order valence-electron chi connectivity index (χ4n) is 8.28. The SMILES string of the molecule is C1=CC(c2ccc(-c3nc(-c4cc(-c5ccc(-c6ccc7ccccc7c6)cc5)c5c(c4)oc4c6ccccc6ccc45)nc4ccccc34)cc2)=CCC1. The van der Waals surface area contributed by atoms with Crippen LogP contribution in [0.1, 0.15) is 18.4 Å². The van der Waals surface area contributed by atoms with Crippen LogP contribution in [-0.4, -0.2) is 9.97 Å². The highest BCUT2D eigenvalue weighted by Crippen LogP contribution is 2.43. The lowest BCUT2D eigenvalue weighted by Gasteiger charge is -2.13. The molecule has 55 heavy (non-hydrogen) atoms. The number of rotatable bonds is 5. The number of para-hydroxylation sites is 1. The summed E-state index contributed by atoms with van der Waals surface area (Å²) in [7, 11) is 0. The molecule has 2 aromatic heterocycles. The Morgan fingerprint density at radius 2 is 1.15 bits per heavy atom. The van der Waals surface area contributed by atoms with Gasteiger partial charge >= 0.3 is 0 Å². The summed E-state index contributed by atoms with van der Waals surface area (Å²) in [5.41, 5.74) is 12.5. The molecule has 0 N–H and O–H groups in total. The maximum absolute atomic E-state index is 6.83. The van der Waals surface area contributed by atoms with Gasteiger partial charge in [0.25, 0.3) is 0 Å². The summed E-state index contributed by atoms with van der Waals surface area (Å²) in [4.78, 5) is 10.5. The lowest BCUT2D eigenvalue weighted by Crippen LogP contribution is -1.96. The zero-order chi connectivity index (χ0) is 36.3. The zero-order valence-corrected chi connectivity index (χ0v) is 30.0. The van der Waals surface area contributed by atoms with Gasteiger partial charge in [-0.05, 0) is 92.7 Å². The fraction of sp³-hybridized carbons (Fsp3) is 0.0385. The molecule has 0 fully saturated rings. The lowest BCUT2D eigenvalue weighted by atomic mass is 9.94. The van der Waals surface area contributed by atoms with E-state index in [-0.39, 0.29) is 0 Å². The van der Waals surface area contributed by atoms with Crippen molar-refractivity contribution in [1.29, 1.82) is 0 Å². The molecule has 0 amide bonds. The van der Waals surface area contributed by atoms with Gasteiger partial charge in [0.05, 0.1) is 11.2 Å². The Balaban J connectivity index is 1.09. The molecular weight excluding hydrogens is 669 g/mol. The van der Waals surface area contributed by atoms with Gasteiger partial charge in [-0.2, -0.15) is 0 Å². The van der Waals surface area contributed by atoms with Crippen molar-refractivity contribution in [2.45, 2.75) is 12.8 Å². The summed E-state index contributed by atoms with van der Waals surface area (Å²) in [6.07, 6.45) is 8.98. The molecule has 0 unspecified atom stereocenters. The Bertz CT molecular complexity index is 3180. The summed E-state index contributed by atoms with van der Waals surface area (Å²) >= 11 is 0. The molecule has 258 valence electrons. The fourth-order valence-corrected chi connectivity index (χ4v) is 8.28. The minimum atomic E-state index is 0.664. The quantitative estimate of drug-likeness (QED) is 0.179. The average molecular weight is 703 g/mol. The van der Waals surface area contributed by atoms with Crippen molar-refractivity contribution in [2.75, 3.05) is 0 Å². The van der Waals surface area contributed by atoms with E-state index in [4.69, 9.17) is 14.4 Å². The standard InChI is InChI=1S/C52H34N2O/c1-2-10-33(11-3-1)35-20-25-39(26-21-35)50-44-16-8-9-17-47(44)53-52(54-50)42-31-46(49-45-29-28-37-13-6-7-15-43(37)51(45)55-48(49)32-42)38-23-18-36(19-24-38)41-27-22-34-12-4-5-14-40(34)30-41/h2,4-32H,1,3H2. The molecule has 0 bridgehead atoms. The first-order valence-corrected chi connectivity index (χ1v) is 19.0. The molecule has 10 aromatic rings. The maximum atomic E-state index is 6.83. The summed E-state index contributed by atoms with van der Waals surface area (Å²) in [5.74, 6) is 0.664. The number of hydrogen-bond acceptors (Lipinski definition) is 3. The van der Waals surface area contributed by atoms with Crippen molar-refractivity contribution in [2.24, 2.45) is 0 Å². The molecule has 3 heteroatoms. The monoisotopic (exact) mass is 702 g/mol. The molecule has 1 aliphatic carbocycles. The van der Waals surface area contributed by atoms with Crippen LogP contribution in [0.25, 0.3) is 105 Å². The largest absolute Gasteiger partial charge is 0.455 e. The van der Waals surface area contributed by atoms with Gasteiger partial charge in [0.1, 0.15) is 11.2 Å². The molecule has 0 spiro atoms. The summed E-state index contributed by atoms with van der Waals surface area (Å²) < 4.78 is 6.83. The van der Waals surface area contributed by atoms with Crippen molar-refractivity contribution < 1.29 is 4.42 Å². The third kappa shape index (κ3) is 5.43. The molecule has 0 aliphatic heterocycles. The first kappa shape index (κ1) is 31.4. The molecule has 2 heterocycles. The molecule has 0 radical (unpaired) electrons. The van der Waals surface area contributed by atoms with Crippen LogP contribution >= 0.6 is 0 Å². The number of allylic oxidation sites excluding steroid dienone is 4. The zero-order valence-electron chi connectivity index (χ0n) is 30.0. The van der Waals surface area contributed by atoms with Gasteiger partial charge in [-0.25, -0.2) is 9.97 Å². The van der Waals surface area contributed by atoms with Gasteiger partial charge in [0.15, 0.2) is 5.82 Å². The predicted octanol–water partition coefficient (Wildman–Crippen LogP) is 14.2. The van der Waals surface area contributed by atoms with E-state index in [1.165, 1.54) is 33.0 Å². The van der Waals surface area contributed by atoms with Crippen LogP contribution < -0.4 is 0 Å². The van der Waals surface area contributed by atoms with Crippen molar-refractivity contribution in [1.82, 2.24) is 9.97 Å². The van der Waals surface area contributed by atoms with Gasteiger partial charge < -0.3 is 4.42 Å². The first-order chi connectivity index (χ1) is 27.2. The van der Waals surface area contributed by atoms with E-state index >= 15 is 0 Å². The topological polar surface area (TPSA) is 38.9 Å². The molecule has 1 aliphatic rings. The molecule has 0 atom stereocenters. The van der Waals surface area contributed by atoms with E-state index in [0.717, 1.165) is 84.4 Å². The molecule has 11 rings (SSSR count). The number of furan rings is 1. The molecule has 0 saturated heterocycles. The Labute approximate surface area is 318 Å². The van der Waals surface area contributed by atoms with E-state index in [2.05, 4.69) is 176 Å². The Kier molecular flexibility index (Phi) is 7.31. The van der Waals surface area contributed by atoms with Gasteiger partial charge in [-0.1, -0.05) is 152 Å². The molecule has 8 aromatic carbocycles. The van der Waals surface area contributed by atoms with E-state index < -0.39 is 0 Å². The average Bonchev–Trinajstić information content (AvgIpc) is 3.65. The first-order valence-electron chi connectivity index (χ1n) is 19.0. The Morgan fingerprint density at radius 3 is 1.98 bits per heavy atom. The maximum Gasteiger partial charge on any atom is 0.160 e. The minimum Gasteiger partial charge on any atom is -0.455 e. The highest BCUT2D eigenvalue weighted by atomic mass is 16.3.